The predicted octanol–water partition coefficient (Wildman–Crippen LogP) is 0.736. The van der Waals surface area contributed by atoms with Crippen molar-refractivity contribution in [1.82, 2.24) is 5.32 Å². The number of carbonyl (C=O) groups excluding carboxylic acids is 1. The van der Waals surface area contributed by atoms with E-state index in [1.807, 2.05) is 24.3 Å². The number of carbonyl (C=O) groups is 1. The number of benzene rings is 1. The number of hydrogen-bond acceptors (Lipinski definition) is 2. The first-order chi connectivity index (χ1) is 6.40. The fourth-order valence-corrected chi connectivity index (χ4v) is 1.53. The van der Waals surface area contributed by atoms with Crippen LogP contribution in [-0.4, -0.2) is 19.1 Å². The summed E-state index contributed by atoms with van der Waals surface area (Å²) in [6, 6.07) is 8.02. The van der Waals surface area contributed by atoms with E-state index in [-0.39, 0.29) is 6.04 Å². The summed E-state index contributed by atoms with van der Waals surface area (Å²) in [5, 5.41) is 2.72. The molecule has 3 nitrogen and oxygen atoms in total. The fraction of sp³-hybridized carbons (Fsp3) is 0.300. The van der Waals surface area contributed by atoms with Crippen LogP contribution in [0, 0.1) is 0 Å². The van der Waals surface area contributed by atoms with Crippen molar-refractivity contribution in [3.8, 4) is 5.75 Å². The molecule has 1 aromatic rings. The van der Waals surface area contributed by atoms with Crippen LogP contribution in [0.3, 0.4) is 0 Å². The van der Waals surface area contributed by atoms with E-state index in [1.165, 1.54) is 0 Å². The first-order valence-corrected chi connectivity index (χ1v) is 4.30. The zero-order valence-corrected chi connectivity index (χ0v) is 7.19. The van der Waals surface area contributed by atoms with Gasteiger partial charge in [0.05, 0.1) is 6.04 Å². The lowest BCUT2D eigenvalue weighted by Gasteiger charge is -2.24. The van der Waals surface area contributed by atoms with E-state index in [0.29, 0.717) is 6.61 Å². The molecule has 0 fully saturated rings. The minimum Gasteiger partial charge on any atom is -0.491 e. The van der Waals surface area contributed by atoms with Gasteiger partial charge in [-0.2, -0.15) is 0 Å². The molecule has 1 N–H and O–H groups in total. The Morgan fingerprint density at radius 3 is 3.15 bits per heavy atom. The van der Waals surface area contributed by atoms with Gasteiger partial charge >= 0.3 is 0 Å². The minimum atomic E-state index is 0.118. The summed E-state index contributed by atoms with van der Waals surface area (Å²) in [5.41, 5.74) is 1.16. The van der Waals surface area contributed by atoms with E-state index in [9.17, 15) is 4.79 Å². The quantitative estimate of drug-likeness (QED) is 0.676. The third-order valence-corrected chi connectivity index (χ3v) is 2.18. The van der Waals surface area contributed by atoms with Gasteiger partial charge in [-0.15, -0.1) is 0 Å². The smallest absolute Gasteiger partial charge is 0.207 e. The molecule has 1 amide bonds. The van der Waals surface area contributed by atoms with Gasteiger partial charge in [-0.25, -0.2) is 0 Å². The molecule has 1 atom stereocenters. The summed E-state index contributed by atoms with van der Waals surface area (Å²) in [5.74, 6) is 0.937. The molecule has 0 aromatic heterocycles. The molecule has 68 valence electrons. The number of amides is 1. The highest BCUT2D eigenvalue weighted by atomic mass is 16.5. The van der Waals surface area contributed by atoms with Gasteiger partial charge in [0, 0.05) is 0 Å². The lowest BCUT2D eigenvalue weighted by Crippen LogP contribution is -2.38. The first kappa shape index (κ1) is 8.10. The van der Waals surface area contributed by atoms with Gasteiger partial charge < -0.3 is 10.1 Å². The van der Waals surface area contributed by atoms with E-state index in [1.54, 1.807) is 0 Å². The Kier molecular flexibility index (Phi) is 2.17. The maximum absolute atomic E-state index is 10.2. The van der Waals surface area contributed by atoms with Gasteiger partial charge in [-0.1, -0.05) is 18.2 Å². The van der Waals surface area contributed by atoms with Crippen molar-refractivity contribution < 1.29 is 9.53 Å². The number of hydrogen-bond donors (Lipinski definition) is 1. The topological polar surface area (TPSA) is 38.3 Å². The molecule has 1 unspecified atom stereocenters. The zero-order chi connectivity index (χ0) is 9.10. The molecule has 1 aromatic carbocycles. The second-order valence-electron chi connectivity index (χ2n) is 3.10. The second kappa shape index (κ2) is 3.47. The highest BCUT2D eigenvalue weighted by Gasteiger charge is 2.17. The van der Waals surface area contributed by atoms with Crippen molar-refractivity contribution in [2.24, 2.45) is 0 Å². The van der Waals surface area contributed by atoms with Gasteiger partial charge in [0.25, 0.3) is 0 Å². The highest BCUT2D eigenvalue weighted by Crippen LogP contribution is 2.23. The largest absolute Gasteiger partial charge is 0.491 e. The van der Waals surface area contributed by atoms with Crippen LogP contribution >= 0.6 is 0 Å². The van der Waals surface area contributed by atoms with Crippen LogP contribution in [0.2, 0.25) is 0 Å². The zero-order valence-electron chi connectivity index (χ0n) is 7.19. The second-order valence-corrected chi connectivity index (χ2v) is 3.10. The standard InChI is InChI=1S/C10H11NO2/c12-7-11-9-5-8-3-1-2-4-10(8)13-6-9/h1-4,7,9H,5-6H2,(H,11,12). The Hall–Kier alpha value is -1.51. The van der Waals surface area contributed by atoms with E-state index < -0.39 is 0 Å². The molecule has 1 aliphatic heterocycles. The van der Waals surface area contributed by atoms with Crippen LogP contribution in [0.1, 0.15) is 5.56 Å². The molecule has 2 rings (SSSR count). The molecule has 0 aliphatic carbocycles. The number of fused-ring (bicyclic) bond motifs is 1. The molecule has 0 radical (unpaired) electrons. The predicted molar refractivity (Wildman–Crippen MR) is 48.6 cm³/mol. The van der Waals surface area contributed by atoms with Crippen molar-refractivity contribution >= 4 is 6.41 Å². The van der Waals surface area contributed by atoms with E-state index in [2.05, 4.69) is 5.32 Å². The maximum Gasteiger partial charge on any atom is 0.207 e. The third kappa shape index (κ3) is 1.64. The number of para-hydroxylation sites is 1. The molecule has 3 heteroatoms. The Bertz CT molecular complexity index is 312. The molecule has 1 heterocycles. The SMILES string of the molecule is O=CNC1COc2ccccc2C1. The number of nitrogens with one attached hydrogen (secondary N) is 1. The molecule has 13 heavy (non-hydrogen) atoms. The van der Waals surface area contributed by atoms with Crippen LogP contribution in [-0.2, 0) is 11.2 Å². The Balaban J connectivity index is 2.15. The summed E-state index contributed by atoms with van der Waals surface area (Å²) >= 11 is 0. The molecule has 0 saturated carbocycles. The fourth-order valence-electron chi connectivity index (χ4n) is 1.53. The summed E-state index contributed by atoms with van der Waals surface area (Å²) in [4.78, 5) is 10.2. The maximum atomic E-state index is 10.2. The molecule has 0 bridgehead atoms. The number of ether oxygens (including phenoxy) is 1. The van der Waals surface area contributed by atoms with Crippen LogP contribution in [0.5, 0.6) is 5.75 Å². The van der Waals surface area contributed by atoms with Crippen molar-refractivity contribution in [1.29, 1.82) is 0 Å². The van der Waals surface area contributed by atoms with Gasteiger partial charge in [-0.3, -0.25) is 4.79 Å². The highest BCUT2D eigenvalue weighted by molar-refractivity contribution is 5.47. The molecular formula is C10H11NO2. The van der Waals surface area contributed by atoms with Crippen molar-refractivity contribution in [2.75, 3.05) is 6.61 Å². The van der Waals surface area contributed by atoms with Gasteiger partial charge in [0.15, 0.2) is 0 Å². The van der Waals surface area contributed by atoms with E-state index >= 15 is 0 Å². The Labute approximate surface area is 76.7 Å². The lowest BCUT2D eigenvalue weighted by atomic mass is 10.0. The first-order valence-electron chi connectivity index (χ1n) is 4.30. The third-order valence-electron chi connectivity index (χ3n) is 2.18. The summed E-state index contributed by atoms with van der Waals surface area (Å²) < 4.78 is 5.47. The Morgan fingerprint density at radius 1 is 1.46 bits per heavy atom. The molecule has 0 saturated heterocycles. The average molecular weight is 177 g/mol. The lowest BCUT2D eigenvalue weighted by molar-refractivity contribution is -0.110. The van der Waals surface area contributed by atoms with Crippen molar-refractivity contribution in [3.63, 3.8) is 0 Å². The normalized spacial score (nSPS) is 19.8. The van der Waals surface area contributed by atoms with Crippen molar-refractivity contribution in [2.45, 2.75) is 12.5 Å². The van der Waals surface area contributed by atoms with E-state index in [4.69, 9.17) is 4.74 Å². The van der Waals surface area contributed by atoms with E-state index in [0.717, 1.165) is 24.1 Å². The van der Waals surface area contributed by atoms with Crippen LogP contribution in [0.4, 0.5) is 0 Å². The Morgan fingerprint density at radius 2 is 2.31 bits per heavy atom. The van der Waals surface area contributed by atoms with Crippen LogP contribution in [0.25, 0.3) is 0 Å². The van der Waals surface area contributed by atoms with Crippen LogP contribution < -0.4 is 10.1 Å². The molecular weight excluding hydrogens is 166 g/mol. The van der Waals surface area contributed by atoms with Crippen molar-refractivity contribution in [3.05, 3.63) is 29.8 Å². The summed E-state index contributed by atoms with van der Waals surface area (Å²) in [6.07, 6.45) is 1.58. The summed E-state index contributed by atoms with van der Waals surface area (Å²) in [6.45, 7) is 0.565. The molecule has 0 spiro atoms. The summed E-state index contributed by atoms with van der Waals surface area (Å²) in [7, 11) is 0. The monoisotopic (exact) mass is 177 g/mol. The number of rotatable bonds is 2. The van der Waals surface area contributed by atoms with Gasteiger partial charge in [0.2, 0.25) is 6.41 Å². The van der Waals surface area contributed by atoms with Gasteiger partial charge in [0.1, 0.15) is 12.4 Å². The van der Waals surface area contributed by atoms with Gasteiger partial charge in [-0.05, 0) is 18.1 Å². The van der Waals surface area contributed by atoms with Crippen LogP contribution in [0.15, 0.2) is 24.3 Å². The minimum absolute atomic E-state index is 0.118. The molecule has 1 aliphatic rings. The average Bonchev–Trinajstić information content (AvgIpc) is 2.18.